The number of likely N-dealkylation sites (tertiary alicyclic amines) is 1. The van der Waals surface area contributed by atoms with Gasteiger partial charge in [0.15, 0.2) is 0 Å². The fraction of sp³-hybridized carbons (Fsp3) is 1.00. The molecule has 1 heterocycles. The normalized spacial score (nSPS) is 22.1. The van der Waals surface area contributed by atoms with Crippen LogP contribution in [0.15, 0.2) is 0 Å². The third-order valence-corrected chi connectivity index (χ3v) is 2.68. The zero-order valence-corrected chi connectivity index (χ0v) is 10.5. The minimum atomic E-state index is 0.111. The van der Waals surface area contributed by atoms with Gasteiger partial charge in [-0.3, -0.25) is 4.90 Å². The first kappa shape index (κ1) is 13.9. The average Bonchev–Trinajstić information content (AvgIpc) is 2.70. The number of nitrogens with zero attached hydrogens (tertiary/aromatic N) is 1. The summed E-state index contributed by atoms with van der Waals surface area (Å²) in [6.07, 6.45) is 1.53. The van der Waals surface area contributed by atoms with E-state index in [0.717, 1.165) is 32.7 Å². The van der Waals surface area contributed by atoms with Crippen LogP contribution in [0.4, 0.5) is 0 Å². The Kier molecular flexibility index (Phi) is 6.96. The summed E-state index contributed by atoms with van der Waals surface area (Å²) in [5, 5.41) is 8.56. The molecule has 96 valence electrons. The largest absolute Gasteiger partial charge is 0.394 e. The van der Waals surface area contributed by atoms with E-state index in [1.54, 1.807) is 0 Å². The molecule has 1 N–H and O–H groups in total. The third-order valence-electron chi connectivity index (χ3n) is 2.68. The topological polar surface area (TPSA) is 41.9 Å². The van der Waals surface area contributed by atoms with Gasteiger partial charge < -0.3 is 14.6 Å². The highest BCUT2D eigenvalue weighted by atomic mass is 16.5. The maximum Gasteiger partial charge on any atom is 0.0714 e. The van der Waals surface area contributed by atoms with Gasteiger partial charge in [0.1, 0.15) is 0 Å². The maximum atomic E-state index is 8.56. The van der Waals surface area contributed by atoms with E-state index in [2.05, 4.69) is 18.7 Å². The Bertz CT molecular complexity index is 176. The lowest BCUT2D eigenvalue weighted by atomic mass is 10.2. The zero-order chi connectivity index (χ0) is 11.8. The molecule has 0 saturated carbocycles. The van der Waals surface area contributed by atoms with Gasteiger partial charge >= 0.3 is 0 Å². The van der Waals surface area contributed by atoms with Crippen LogP contribution in [0.3, 0.4) is 0 Å². The molecule has 16 heavy (non-hydrogen) atoms. The Morgan fingerprint density at radius 2 is 2.19 bits per heavy atom. The standard InChI is InChI=1S/C12H25NO3/c1-11(2)10-16-12-3-4-13(9-12)5-7-15-8-6-14/h11-12,14H,3-10H2,1-2H3. The molecule has 0 bridgehead atoms. The van der Waals surface area contributed by atoms with E-state index < -0.39 is 0 Å². The van der Waals surface area contributed by atoms with Crippen LogP contribution in [-0.2, 0) is 9.47 Å². The number of aliphatic hydroxyl groups is 1. The summed E-state index contributed by atoms with van der Waals surface area (Å²) in [6.45, 7) is 9.55. The van der Waals surface area contributed by atoms with Crippen molar-refractivity contribution in [2.24, 2.45) is 5.92 Å². The molecule has 0 aromatic carbocycles. The molecule has 1 aliphatic rings. The fourth-order valence-electron chi connectivity index (χ4n) is 1.83. The van der Waals surface area contributed by atoms with Crippen molar-refractivity contribution in [1.82, 2.24) is 4.90 Å². The molecule has 1 fully saturated rings. The van der Waals surface area contributed by atoms with Crippen molar-refractivity contribution in [1.29, 1.82) is 0 Å². The van der Waals surface area contributed by atoms with Crippen molar-refractivity contribution in [2.75, 3.05) is 46.1 Å². The Hall–Kier alpha value is -0.160. The fourth-order valence-corrected chi connectivity index (χ4v) is 1.83. The Balaban J connectivity index is 2.01. The predicted octanol–water partition coefficient (Wildman–Crippen LogP) is 0.742. The Morgan fingerprint density at radius 3 is 2.88 bits per heavy atom. The van der Waals surface area contributed by atoms with Crippen LogP contribution in [0, 0.1) is 5.92 Å². The van der Waals surface area contributed by atoms with Crippen LogP contribution in [0.5, 0.6) is 0 Å². The summed E-state index contributed by atoms with van der Waals surface area (Å²) >= 11 is 0. The number of aliphatic hydroxyl groups excluding tert-OH is 1. The molecule has 1 rings (SSSR count). The van der Waals surface area contributed by atoms with Crippen LogP contribution >= 0.6 is 0 Å². The molecular weight excluding hydrogens is 206 g/mol. The summed E-state index contributed by atoms with van der Waals surface area (Å²) in [4.78, 5) is 2.36. The second-order valence-electron chi connectivity index (χ2n) is 4.77. The highest BCUT2D eigenvalue weighted by Crippen LogP contribution is 2.13. The lowest BCUT2D eigenvalue weighted by Gasteiger charge is -2.16. The Morgan fingerprint density at radius 1 is 1.38 bits per heavy atom. The first-order valence-corrected chi connectivity index (χ1v) is 6.25. The summed E-state index contributed by atoms with van der Waals surface area (Å²) in [7, 11) is 0. The maximum absolute atomic E-state index is 8.56. The van der Waals surface area contributed by atoms with Crippen molar-refractivity contribution >= 4 is 0 Å². The van der Waals surface area contributed by atoms with Crippen molar-refractivity contribution in [3.05, 3.63) is 0 Å². The number of rotatable bonds is 8. The van der Waals surface area contributed by atoms with E-state index in [1.165, 1.54) is 0 Å². The van der Waals surface area contributed by atoms with Gasteiger partial charge in [-0.25, -0.2) is 0 Å². The van der Waals surface area contributed by atoms with Gasteiger partial charge in [0.2, 0.25) is 0 Å². The first-order valence-electron chi connectivity index (χ1n) is 6.25. The second kappa shape index (κ2) is 8.01. The molecule has 1 saturated heterocycles. The number of hydrogen-bond donors (Lipinski definition) is 1. The Labute approximate surface area is 98.5 Å². The average molecular weight is 231 g/mol. The smallest absolute Gasteiger partial charge is 0.0714 e. The summed E-state index contributed by atoms with van der Waals surface area (Å²) in [5.41, 5.74) is 0. The number of ether oxygens (including phenoxy) is 2. The van der Waals surface area contributed by atoms with E-state index >= 15 is 0 Å². The molecule has 0 aliphatic carbocycles. The molecule has 0 radical (unpaired) electrons. The molecular formula is C12H25NO3. The molecule has 0 amide bonds. The van der Waals surface area contributed by atoms with E-state index in [4.69, 9.17) is 14.6 Å². The lowest BCUT2D eigenvalue weighted by Crippen LogP contribution is -2.27. The van der Waals surface area contributed by atoms with Crippen LogP contribution in [0.2, 0.25) is 0 Å². The van der Waals surface area contributed by atoms with Crippen LogP contribution in [0.1, 0.15) is 20.3 Å². The van der Waals surface area contributed by atoms with Gasteiger partial charge in [-0.2, -0.15) is 0 Å². The third kappa shape index (κ3) is 5.80. The molecule has 1 unspecified atom stereocenters. The number of hydrogen-bond acceptors (Lipinski definition) is 4. The summed E-state index contributed by atoms with van der Waals surface area (Å²) < 4.78 is 11.0. The van der Waals surface area contributed by atoms with Crippen molar-refractivity contribution in [3.8, 4) is 0 Å². The predicted molar refractivity (Wildman–Crippen MR) is 63.5 cm³/mol. The quantitative estimate of drug-likeness (QED) is 0.626. The lowest BCUT2D eigenvalue weighted by molar-refractivity contribution is 0.0368. The highest BCUT2D eigenvalue weighted by molar-refractivity contribution is 4.75. The molecule has 0 spiro atoms. The van der Waals surface area contributed by atoms with Crippen molar-refractivity contribution in [3.63, 3.8) is 0 Å². The monoisotopic (exact) mass is 231 g/mol. The highest BCUT2D eigenvalue weighted by Gasteiger charge is 2.22. The molecule has 0 aromatic heterocycles. The SMILES string of the molecule is CC(C)COC1CCN(CCOCCO)C1. The minimum Gasteiger partial charge on any atom is -0.394 e. The first-order chi connectivity index (χ1) is 7.72. The van der Waals surface area contributed by atoms with Gasteiger partial charge in [0, 0.05) is 26.2 Å². The van der Waals surface area contributed by atoms with Crippen LogP contribution < -0.4 is 0 Å². The summed E-state index contributed by atoms with van der Waals surface area (Å²) in [6, 6.07) is 0. The van der Waals surface area contributed by atoms with Gasteiger partial charge in [-0.1, -0.05) is 13.8 Å². The minimum absolute atomic E-state index is 0.111. The van der Waals surface area contributed by atoms with Gasteiger partial charge in [-0.15, -0.1) is 0 Å². The van der Waals surface area contributed by atoms with E-state index in [9.17, 15) is 0 Å². The van der Waals surface area contributed by atoms with Crippen LogP contribution in [0.25, 0.3) is 0 Å². The van der Waals surface area contributed by atoms with E-state index in [0.29, 0.717) is 25.2 Å². The van der Waals surface area contributed by atoms with Crippen LogP contribution in [-0.4, -0.2) is 62.2 Å². The molecule has 4 nitrogen and oxygen atoms in total. The van der Waals surface area contributed by atoms with Gasteiger partial charge in [-0.05, 0) is 12.3 Å². The van der Waals surface area contributed by atoms with E-state index in [-0.39, 0.29) is 6.61 Å². The molecule has 0 aromatic rings. The zero-order valence-electron chi connectivity index (χ0n) is 10.5. The molecule has 1 atom stereocenters. The second-order valence-corrected chi connectivity index (χ2v) is 4.77. The molecule has 1 aliphatic heterocycles. The van der Waals surface area contributed by atoms with Gasteiger partial charge in [0.05, 0.1) is 25.9 Å². The molecule has 4 heteroatoms. The van der Waals surface area contributed by atoms with Crippen molar-refractivity contribution < 1.29 is 14.6 Å². The summed E-state index contributed by atoms with van der Waals surface area (Å²) in [5.74, 6) is 0.613. The van der Waals surface area contributed by atoms with E-state index in [1.807, 2.05) is 0 Å². The van der Waals surface area contributed by atoms with Crippen molar-refractivity contribution in [2.45, 2.75) is 26.4 Å². The van der Waals surface area contributed by atoms with Gasteiger partial charge in [0.25, 0.3) is 0 Å².